The zero-order valence-electron chi connectivity index (χ0n) is 16.8. The van der Waals surface area contributed by atoms with Crippen LogP contribution >= 0.6 is 0 Å². The van der Waals surface area contributed by atoms with E-state index in [0.717, 1.165) is 0 Å². The smallest absolute Gasteiger partial charge is 0.152 e. The molecule has 0 aliphatic rings. The van der Waals surface area contributed by atoms with Crippen LogP contribution in [0.2, 0.25) is 0 Å². The molecule has 4 aromatic carbocycles. The number of nitrogens with two attached hydrogens (primary N) is 2. The normalized spacial score (nSPS) is 10.3. The highest BCUT2D eigenvalue weighted by Gasteiger charge is 2.17. The highest BCUT2D eigenvalue weighted by molar-refractivity contribution is 5.99. The van der Waals surface area contributed by atoms with Crippen LogP contribution < -0.4 is 20.9 Å². The van der Waals surface area contributed by atoms with Gasteiger partial charge in [-0.1, -0.05) is 11.8 Å². The third-order valence-corrected chi connectivity index (χ3v) is 4.85. The number of rotatable bonds is 4. The van der Waals surface area contributed by atoms with Gasteiger partial charge >= 0.3 is 0 Å². The summed E-state index contributed by atoms with van der Waals surface area (Å²) < 4.78 is 12.1. The second-order valence-electron chi connectivity index (χ2n) is 6.91. The molecule has 0 saturated carbocycles. The summed E-state index contributed by atoms with van der Waals surface area (Å²) in [7, 11) is 0. The van der Waals surface area contributed by atoms with E-state index in [9.17, 15) is 10.2 Å². The third-order valence-electron chi connectivity index (χ3n) is 4.85. The number of hydrogen-bond donors (Lipinski definition) is 4. The van der Waals surface area contributed by atoms with Crippen LogP contribution in [0.5, 0.6) is 34.5 Å². The standard InChI is InChI=1S/C26H18N2O4/c1-3-15-6-12-24(31-17-7-10-22(29)20(27)13-17)19-9-5-16(4-2)26(25(15)19)32-18-8-11-23(30)21(28)14-18/h1-2,5-14,29-30H,27-28H2. The molecular formula is C26H18N2O4. The number of aromatic hydroxyl groups is 2. The monoisotopic (exact) mass is 422 g/mol. The predicted octanol–water partition coefficient (Wildman–Crippen LogP) is 4.96. The van der Waals surface area contributed by atoms with Gasteiger partial charge < -0.3 is 31.2 Å². The Morgan fingerprint density at radius 1 is 0.688 bits per heavy atom. The summed E-state index contributed by atoms with van der Waals surface area (Å²) in [6.45, 7) is 0. The van der Waals surface area contributed by atoms with E-state index in [0.29, 0.717) is 44.9 Å². The van der Waals surface area contributed by atoms with Gasteiger partial charge in [-0.25, -0.2) is 0 Å². The molecular weight excluding hydrogens is 404 g/mol. The van der Waals surface area contributed by atoms with Gasteiger partial charge in [0, 0.05) is 28.5 Å². The van der Waals surface area contributed by atoms with Crippen LogP contribution in [0.1, 0.15) is 11.1 Å². The maximum Gasteiger partial charge on any atom is 0.152 e. The van der Waals surface area contributed by atoms with Gasteiger partial charge in [0.25, 0.3) is 0 Å². The lowest BCUT2D eigenvalue weighted by Gasteiger charge is -2.16. The van der Waals surface area contributed by atoms with Crippen LogP contribution in [0.15, 0.2) is 60.7 Å². The number of terminal acetylenes is 2. The van der Waals surface area contributed by atoms with Gasteiger partial charge in [0.05, 0.1) is 16.9 Å². The molecule has 0 aromatic heterocycles. The number of ether oxygens (including phenoxy) is 2. The van der Waals surface area contributed by atoms with Crippen molar-refractivity contribution in [3.05, 3.63) is 71.8 Å². The van der Waals surface area contributed by atoms with E-state index in [-0.39, 0.29) is 22.9 Å². The molecule has 0 aliphatic carbocycles. The lowest BCUT2D eigenvalue weighted by atomic mass is 9.99. The maximum absolute atomic E-state index is 9.70. The molecule has 0 saturated heterocycles. The molecule has 0 amide bonds. The Balaban J connectivity index is 1.89. The fourth-order valence-corrected chi connectivity index (χ4v) is 3.25. The molecule has 0 spiro atoms. The lowest BCUT2D eigenvalue weighted by Crippen LogP contribution is -1.96. The fourth-order valence-electron chi connectivity index (χ4n) is 3.25. The van der Waals surface area contributed by atoms with Crippen molar-refractivity contribution in [3.63, 3.8) is 0 Å². The fraction of sp³-hybridized carbons (Fsp3) is 0. The van der Waals surface area contributed by atoms with Gasteiger partial charge in [-0.15, -0.1) is 12.8 Å². The molecule has 6 nitrogen and oxygen atoms in total. The van der Waals surface area contributed by atoms with Gasteiger partial charge in [0.2, 0.25) is 0 Å². The number of phenols is 2. The Morgan fingerprint density at radius 3 is 1.81 bits per heavy atom. The first-order chi connectivity index (χ1) is 15.4. The quantitative estimate of drug-likeness (QED) is 0.210. The summed E-state index contributed by atoms with van der Waals surface area (Å²) in [4.78, 5) is 0. The number of hydrogen-bond acceptors (Lipinski definition) is 6. The van der Waals surface area contributed by atoms with Crippen LogP contribution in [0.4, 0.5) is 11.4 Å². The van der Waals surface area contributed by atoms with Gasteiger partial charge in [-0.3, -0.25) is 0 Å². The van der Waals surface area contributed by atoms with E-state index in [1.807, 2.05) is 0 Å². The van der Waals surface area contributed by atoms with Crippen LogP contribution in [0.3, 0.4) is 0 Å². The van der Waals surface area contributed by atoms with E-state index < -0.39 is 0 Å². The lowest BCUT2D eigenvalue weighted by molar-refractivity contribution is 0.467. The second kappa shape index (κ2) is 8.06. The van der Waals surface area contributed by atoms with E-state index in [1.165, 1.54) is 24.3 Å². The van der Waals surface area contributed by atoms with Gasteiger partial charge in [-0.05, 0) is 48.5 Å². The second-order valence-corrected chi connectivity index (χ2v) is 6.91. The summed E-state index contributed by atoms with van der Waals surface area (Å²) in [6, 6.07) is 16.0. The Kier molecular flexibility index (Phi) is 5.12. The summed E-state index contributed by atoms with van der Waals surface area (Å²) in [5, 5.41) is 20.6. The average molecular weight is 422 g/mol. The molecule has 0 atom stereocenters. The van der Waals surface area contributed by atoms with E-state index in [4.69, 9.17) is 33.8 Å². The number of fused-ring (bicyclic) bond motifs is 1. The molecule has 4 aromatic rings. The number of phenolic OH excluding ortho intramolecular Hbond substituents is 2. The maximum atomic E-state index is 9.70. The average Bonchev–Trinajstić information content (AvgIpc) is 2.79. The van der Waals surface area contributed by atoms with Crippen molar-refractivity contribution in [1.82, 2.24) is 0 Å². The Bertz CT molecular complexity index is 1450. The van der Waals surface area contributed by atoms with Crippen molar-refractivity contribution in [1.29, 1.82) is 0 Å². The molecule has 0 radical (unpaired) electrons. The van der Waals surface area contributed by atoms with Crippen LogP contribution in [0.25, 0.3) is 10.8 Å². The van der Waals surface area contributed by atoms with Crippen LogP contribution in [-0.2, 0) is 0 Å². The number of benzene rings is 4. The highest BCUT2D eigenvalue weighted by atomic mass is 16.5. The molecule has 0 unspecified atom stereocenters. The molecule has 0 bridgehead atoms. The molecule has 4 rings (SSSR count). The van der Waals surface area contributed by atoms with Crippen molar-refractivity contribution in [2.45, 2.75) is 0 Å². The predicted molar refractivity (Wildman–Crippen MR) is 125 cm³/mol. The molecule has 156 valence electrons. The van der Waals surface area contributed by atoms with Crippen molar-refractivity contribution in [2.24, 2.45) is 0 Å². The van der Waals surface area contributed by atoms with Crippen molar-refractivity contribution in [2.75, 3.05) is 11.5 Å². The number of nitrogen functional groups attached to an aromatic ring is 2. The first-order valence-corrected chi connectivity index (χ1v) is 9.47. The third kappa shape index (κ3) is 3.65. The summed E-state index contributed by atoms with van der Waals surface area (Å²) in [5.41, 5.74) is 13.0. The number of anilines is 2. The first kappa shape index (κ1) is 20.3. The van der Waals surface area contributed by atoms with Crippen molar-refractivity contribution >= 4 is 22.1 Å². The first-order valence-electron chi connectivity index (χ1n) is 9.47. The van der Waals surface area contributed by atoms with Gasteiger partial charge in [0.15, 0.2) is 5.75 Å². The van der Waals surface area contributed by atoms with E-state index in [1.54, 1.807) is 36.4 Å². The zero-order chi connectivity index (χ0) is 22.8. The Hall–Kier alpha value is -4.94. The van der Waals surface area contributed by atoms with Crippen LogP contribution in [0, 0.1) is 24.7 Å². The summed E-state index contributed by atoms with van der Waals surface area (Å²) in [6.07, 6.45) is 11.5. The minimum Gasteiger partial charge on any atom is -0.506 e. The van der Waals surface area contributed by atoms with Gasteiger partial charge in [-0.2, -0.15) is 0 Å². The van der Waals surface area contributed by atoms with Crippen molar-refractivity contribution in [3.8, 4) is 59.2 Å². The molecule has 6 heteroatoms. The SMILES string of the molecule is C#Cc1ccc2c(Oc3ccc(O)c(N)c3)ccc(C#C)c2c1Oc1ccc(O)c(N)c1. The minimum absolute atomic E-state index is 0.0348. The highest BCUT2D eigenvalue weighted by Crippen LogP contribution is 2.41. The van der Waals surface area contributed by atoms with Crippen molar-refractivity contribution < 1.29 is 19.7 Å². The molecule has 6 N–H and O–H groups in total. The zero-order valence-corrected chi connectivity index (χ0v) is 16.8. The molecule has 0 aliphatic heterocycles. The molecule has 0 fully saturated rings. The van der Waals surface area contributed by atoms with E-state index >= 15 is 0 Å². The van der Waals surface area contributed by atoms with Crippen LogP contribution in [-0.4, -0.2) is 10.2 Å². The largest absolute Gasteiger partial charge is 0.506 e. The molecule has 0 heterocycles. The Morgan fingerprint density at radius 2 is 1.25 bits per heavy atom. The van der Waals surface area contributed by atoms with Gasteiger partial charge in [0.1, 0.15) is 28.7 Å². The topological polar surface area (TPSA) is 111 Å². The summed E-state index contributed by atoms with van der Waals surface area (Å²) in [5.74, 6) is 6.84. The Labute approximate surface area is 184 Å². The van der Waals surface area contributed by atoms with E-state index in [2.05, 4.69) is 11.8 Å². The summed E-state index contributed by atoms with van der Waals surface area (Å²) >= 11 is 0. The molecule has 32 heavy (non-hydrogen) atoms. The minimum atomic E-state index is -0.0550.